The van der Waals surface area contributed by atoms with Crippen LogP contribution in [0.25, 0.3) is 10.9 Å². The van der Waals surface area contributed by atoms with E-state index >= 15 is 0 Å². The van der Waals surface area contributed by atoms with Crippen LogP contribution in [0, 0.1) is 6.92 Å². The first-order valence-electron chi connectivity index (χ1n) is 8.55. The lowest BCUT2D eigenvalue weighted by Gasteiger charge is -2.24. The van der Waals surface area contributed by atoms with E-state index in [1.165, 1.54) is 0 Å². The Labute approximate surface area is 152 Å². The highest BCUT2D eigenvalue weighted by Crippen LogP contribution is 2.32. The number of fused-ring (bicyclic) bond motifs is 1. The number of anilines is 2. The first-order chi connectivity index (χ1) is 12.7. The molecule has 1 amide bonds. The van der Waals surface area contributed by atoms with Gasteiger partial charge in [0.2, 0.25) is 0 Å². The van der Waals surface area contributed by atoms with Crippen molar-refractivity contribution < 1.29 is 4.79 Å². The number of carbonyl (C=O) groups excluding carboxylic acids is 1. The van der Waals surface area contributed by atoms with Crippen LogP contribution in [-0.4, -0.2) is 10.9 Å². The second kappa shape index (κ2) is 6.81. The molecular weight excluding hydrogens is 320 g/mol. The average Bonchev–Trinajstić information content (AvgIpc) is 2.70. The third-order valence-electron chi connectivity index (χ3n) is 4.32. The van der Waals surface area contributed by atoms with Gasteiger partial charge in [-0.1, -0.05) is 54.6 Å². The number of aryl methyl sites for hydroxylation is 1. The number of nitrogens with zero attached hydrogens (tertiary/aromatic N) is 2. The molecule has 26 heavy (non-hydrogen) atoms. The van der Waals surface area contributed by atoms with Crippen molar-refractivity contribution in [1.82, 2.24) is 4.98 Å². The first-order valence-corrected chi connectivity index (χ1v) is 8.55. The van der Waals surface area contributed by atoms with Crippen LogP contribution < -0.4 is 4.90 Å². The van der Waals surface area contributed by atoms with Crippen molar-refractivity contribution >= 4 is 28.2 Å². The fraction of sp³-hybridized carbons (Fsp3) is 0.0435. The molecule has 0 fully saturated rings. The molecule has 0 aliphatic rings. The Morgan fingerprint density at radius 2 is 1.46 bits per heavy atom. The third-order valence-corrected chi connectivity index (χ3v) is 4.32. The van der Waals surface area contributed by atoms with E-state index in [4.69, 9.17) is 4.98 Å². The van der Waals surface area contributed by atoms with Crippen LogP contribution in [0.15, 0.2) is 91.0 Å². The summed E-state index contributed by atoms with van der Waals surface area (Å²) in [4.78, 5) is 19.8. The average molecular weight is 338 g/mol. The summed E-state index contributed by atoms with van der Waals surface area (Å²) in [6.45, 7) is 1.96. The molecular formula is C23H18N2O. The topological polar surface area (TPSA) is 33.2 Å². The zero-order valence-corrected chi connectivity index (χ0v) is 14.5. The predicted octanol–water partition coefficient (Wildman–Crippen LogP) is 5.52. The SMILES string of the molecule is Cc1ccc2cccc(N(C(=O)c3ccccc3)c3ccccc3)c2n1. The van der Waals surface area contributed by atoms with E-state index in [-0.39, 0.29) is 5.91 Å². The van der Waals surface area contributed by atoms with Gasteiger partial charge < -0.3 is 0 Å². The maximum absolute atomic E-state index is 13.4. The van der Waals surface area contributed by atoms with Gasteiger partial charge in [0.05, 0.1) is 11.2 Å². The Balaban J connectivity index is 1.95. The van der Waals surface area contributed by atoms with Gasteiger partial charge in [0.25, 0.3) is 5.91 Å². The highest BCUT2D eigenvalue weighted by Gasteiger charge is 2.22. The Kier molecular flexibility index (Phi) is 4.20. The van der Waals surface area contributed by atoms with Gasteiger partial charge in [0, 0.05) is 22.3 Å². The van der Waals surface area contributed by atoms with Crippen molar-refractivity contribution in [3.05, 3.63) is 102 Å². The van der Waals surface area contributed by atoms with Crippen molar-refractivity contribution in [1.29, 1.82) is 0 Å². The molecule has 0 atom stereocenters. The summed E-state index contributed by atoms with van der Waals surface area (Å²) >= 11 is 0. The quantitative estimate of drug-likeness (QED) is 0.492. The Morgan fingerprint density at radius 1 is 0.769 bits per heavy atom. The van der Waals surface area contributed by atoms with Crippen LogP contribution in [0.2, 0.25) is 0 Å². The summed E-state index contributed by atoms with van der Waals surface area (Å²) in [5.74, 6) is -0.0763. The number of carbonyl (C=O) groups is 1. The maximum atomic E-state index is 13.4. The molecule has 0 aliphatic heterocycles. The zero-order chi connectivity index (χ0) is 17.9. The number of aromatic nitrogens is 1. The molecule has 0 spiro atoms. The van der Waals surface area contributed by atoms with Crippen LogP contribution >= 0.6 is 0 Å². The second-order valence-electron chi connectivity index (χ2n) is 6.14. The minimum atomic E-state index is -0.0763. The Bertz CT molecular complexity index is 1060. The fourth-order valence-corrected chi connectivity index (χ4v) is 3.06. The van der Waals surface area contributed by atoms with Crippen LogP contribution in [0.1, 0.15) is 16.1 Å². The highest BCUT2D eigenvalue weighted by atomic mass is 16.2. The van der Waals surface area contributed by atoms with Crippen LogP contribution in [-0.2, 0) is 0 Å². The zero-order valence-electron chi connectivity index (χ0n) is 14.5. The van der Waals surface area contributed by atoms with Crippen molar-refractivity contribution in [3.63, 3.8) is 0 Å². The summed E-state index contributed by atoms with van der Waals surface area (Å²) in [7, 11) is 0. The lowest BCUT2D eigenvalue weighted by Crippen LogP contribution is -2.26. The number of benzene rings is 3. The van der Waals surface area contributed by atoms with E-state index in [9.17, 15) is 4.79 Å². The number of para-hydroxylation sites is 2. The monoisotopic (exact) mass is 338 g/mol. The molecule has 3 aromatic carbocycles. The van der Waals surface area contributed by atoms with Crippen LogP contribution in [0.5, 0.6) is 0 Å². The number of hydrogen-bond acceptors (Lipinski definition) is 2. The van der Waals surface area contributed by atoms with Crippen LogP contribution in [0.3, 0.4) is 0 Å². The van der Waals surface area contributed by atoms with E-state index < -0.39 is 0 Å². The molecule has 0 N–H and O–H groups in total. The molecule has 0 radical (unpaired) electrons. The number of hydrogen-bond donors (Lipinski definition) is 0. The normalized spacial score (nSPS) is 10.7. The lowest BCUT2D eigenvalue weighted by molar-refractivity contribution is 0.0999. The van der Waals surface area contributed by atoms with E-state index in [0.717, 1.165) is 28.0 Å². The van der Waals surface area contributed by atoms with Crippen molar-refractivity contribution in [2.24, 2.45) is 0 Å². The molecule has 0 bridgehead atoms. The van der Waals surface area contributed by atoms with Gasteiger partial charge in [-0.2, -0.15) is 0 Å². The number of rotatable bonds is 3. The van der Waals surface area contributed by atoms with Gasteiger partial charge in [-0.25, -0.2) is 0 Å². The van der Waals surface area contributed by atoms with Crippen molar-refractivity contribution in [2.75, 3.05) is 4.90 Å². The summed E-state index contributed by atoms with van der Waals surface area (Å²) in [5, 5.41) is 1.01. The van der Waals surface area contributed by atoms with Crippen LogP contribution in [0.4, 0.5) is 11.4 Å². The molecule has 4 aromatic rings. The van der Waals surface area contributed by atoms with Crippen molar-refractivity contribution in [2.45, 2.75) is 6.92 Å². The van der Waals surface area contributed by atoms with E-state index in [0.29, 0.717) is 5.56 Å². The van der Waals surface area contributed by atoms with Gasteiger partial charge in [0.15, 0.2) is 0 Å². The van der Waals surface area contributed by atoms with Gasteiger partial charge in [-0.05, 0) is 43.3 Å². The largest absolute Gasteiger partial charge is 0.275 e. The molecule has 0 unspecified atom stereocenters. The lowest BCUT2D eigenvalue weighted by atomic mass is 10.1. The summed E-state index contributed by atoms with van der Waals surface area (Å²) < 4.78 is 0. The van der Waals surface area contributed by atoms with Gasteiger partial charge in [-0.15, -0.1) is 0 Å². The number of pyridine rings is 1. The van der Waals surface area contributed by atoms with Gasteiger partial charge >= 0.3 is 0 Å². The number of amides is 1. The predicted molar refractivity (Wildman–Crippen MR) is 106 cm³/mol. The molecule has 0 saturated carbocycles. The summed E-state index contributed by atoms with van der Waals surface area (Å²) in [6, 6.07) is 29.0. The molecule has 1 aromatic heterocycles. The van der Waals surface area contributed by atoms with Gasteiger partial charge in [-0.3, -0.25) is 14.7 Å². The molecule has 0 saturated heterocycles. The third kappa shape index (κ3) is 2.95. The Morgan fingerprint density at radius 3 is 2.19 bits per heavy atom. The molecule has 3 heteroatoms. The molecule has 126 valence electrons. The van der Waals surface area contributed by atoms with E-state index in [2.05, 4.69) is 0 Å². The highest BCUT2D eigenvalue weighted by molar-refractivity contribution is 6.14. The Hall–Kier alpha value is -3.46. The summed E-state index contributed by atoms with van der Waals surface area (Å²) in [6.07, 6.45) is 0. The maximum Gasteiger partial charge on any atom is 0.262 e. The first kappa shape index (κ1) is 16.0. The molecule has 1 heterocycles. The minimum absolute atomic E-state index is 0.0763. The smallest absolute Gasteiger partial charge is 0.262 e. The van der Waals surface area contributed by atoms with E-state index in [1.807, 2.05) is 97.9 Å². The molecule has 0 aliphatic carbocycles. The molecule has 3 nitrogen and oxygen atoms in total. The minimum Gasteiger partial charge on any atom is -0.275 e. The summed E-state index contributed by atoms with van der Waals surface area (Å²) in [5.41, 5.74) is 3.98. The van der Waals surface area contributed by atoms with Gasteiger partial charge in [0.1, 0.15) is 0 Å². The second-order valence-corrected chi connectivity index (χ2v) is 6.14. The van der Waals surface area contributed by atoms with E-state index in [1.54, 1.807) is 4.90 Å². The van der Waals surface area contributed by atoms with Crippen molar-refractivity contribution in [3.8, 4) is 0 Å². The standard InChI is InChI=1S/C23H18N2O/c1-17-15-16-18-11-8-14-21(22(18)24-17)25(20-12-6-3-7-13-20)23(26)19-9-4-2-5-10-19/h2-16H,1H3. The fourth-order valence-electron chi connectivity index (χ4n) is 3.06. The molecule has 4 rings (SSSR count).